The van der Waals surface area contributed by atoms with E-state index in [1.54, 1.807) is 0 Å². The van der Waals surface area contributed by atoms with Crippen molar-refractivity contribution in [3.05, 3.63) is 48.0 Å². The molecule has 17 heavy (non-hydrogen) atoms. The van der Waals surface area contributed by atoms with Crippen molar-refractivity contribution < 1.29 is 0 Å². The summed E-state index contributed by atoms with van der Waals surface area (Å²) in [6.07, 6.45) is 4.91. The standard InChI is InChI=1S/C14H19N2P/c1-6-11(4)13-8-12(9-17)15-14(16(13)5)7-10(2)3/h7-9,17H,2,4,6H2,1,3,5H3/b14-7-. The van der Waals surface area contributed by atoms with Crippen molar-refractivity contribution >= 4 is 20.4 Å². The van der Waals surface area contributed by atoms with Gasteiger partial charge in [-0.3, -0.25) is 0 Å². The fourth-order valence-electron chi connectivity index (χ4n) is 1.54. The molecule has 1 rings (SSSR count). The van der Waals surface area contributed by atoms with E-state index in [1.807, 2.05) is 36.8 Å². The van der Waals surface area contributed by atoms with E-state index in [0.29, 0.717) is 0 Å². The van der Waals surface area contributed by atoms with Crippen molar-refractivity contribution in [1.82, 2.24) is 4.90 Å². The first-order valence-electron chi connectivity index (χ1n) is 5.59. The number of hydrogen-bond acceptors (Lipinski definition) is 2. The Morgan fingerprint density at radius 1 is 1.53 bits per heavy atom. The maximum Gasteiger partial charge on any atom is 0.133 e. The van der Waals surface area contributed by atoms with Crippen molar-refractivity contribution in [3.8, 4) is 0 Å². The van der Waals surface area contributed by atoms with Crippen LogP contribution in [0, 0.1) is 0 Å². The van der Waals surface area contributed by atoms with Gasteiger partial charge in [0.2, 0.25) is 0 Å². The lowest BCUT2D eigenvalue weighted by atomic mass is 10.1. The third-order valence-electron chi connectivity index (χ3n) is 2.55. The summed E-state index contributed by atoms with van der Waals surface area (Å²) in [5.41, 5.74) is 4.06. The second kappa shape index (κ2) is 5.79. The van der Waals surface area contributed by atoms with Gasteiger partial charge in [-0.2, -0.15) is 0 Å². The van der Waals surface area contributed by atoms with Gasteiger partial charge in [-0.05, 0) is 36.9 Å². The van der Waals surface area contributed by atoms with E-state index < -0.39 is 0 Å². The quantitative estimate of drug-likeness (QED) is 0.692. The van der Waals surface area contributed by atoms with Crippen molar-refractivity contribution in [3.63, 3.8) is 0 Å². The fraction of sp³-hybridized carbons (Fsp3) is 0.286. The molecule has 0 spiro atoms. The minimum Gasteiger partial charge on any atom is -0.329 e. The maximum absolute atomic E-state index is 4.51. The molecule has 3 heteroatoms. The second-order valence-corrected chi connectivity index (χ2v) is 4.36. The van der Waals surface area contributed by atoms with E-state index in [4.69, 9.17) is 0 Å². The van der Waals surface area contributed by atoms with Crippen molar-refractivity contribution in [1.29, 1.82) is 0 Å². The highest BCUT2D eigenvalue weighted by Gasteiger charge is 2.16. The number of nitrogens with zero attached hydrogens (tertiary/aromatic N) is 2. The van der Waals surface area contributed by atoms with E-state index in [0.717, 1.165) is 34.8 Å². The van der Waals surface area contributed by atoms with Crippen molar-refractivity contribution in [2.45, 2.75) is 20.3 Å². The fourth-order valence-corrected chi connectivity index (χ4v) is 1.69. The molecule has 0 bridgehead atoms. The minimum atomic E-state index is 0.883. The summed E-state index contributed by atoms with van der Waals surface area (Å²) in [6.45, 7) is 12.0. The topological polar surface area (TPSA) is 15.6 Å². The van der Waals surface area contributed by atoms with Crippen LogP contribution in [-0.2, 0) is 0 Å². The molecule has 0 N–H and O–H groups in total. The SMILES string of the molecule is C=C(C)/C=C1/N=C(C=P)C=C(C(=C)CC)N1C. The van der Waals surface area contributed by atoms with Crippen LogP contribution in [0.15, 0.2) is 53.0 Å². The number of allylic oxidation sites excluding steroid dienone is 4. The molecule has 90 valence electrons. The largest absolute Gasteiger partial charge is 0.329 e. The molecule has 0 aromatic rings. The zero-order valence-electron chi connectivity index (χ0n) is 10.7. The monoisotopic (exact) mass is 246 g/mol. The van der Waals surface area contributed by atoms with E-state index >= 15 is 0 Å². The predicted octanol–water partition coefficient (Wildman–Crippen LogP) is 3.59. The summed E-state index contributed by atoms with van der Waals surface area (Å²) in [7, 11) is 5.37. The van der Waals surface area contributed by atoms with Crippen LogP contribution in [0.5, 0.6) is 0 Å². The first-order valence-corrected chi connectivity index (χ1v) is 6.17. The molecule has 0 amide bonds. The number of likely N-dealkylation sites (N-methyl/N-ethyl adjacent to an activating group) is 1. The zero-order valence-corrected chi connectivity index (χ0v) is 11.7. The van der Waals surface area contributed by atoms with E-state index in [1.165, 1.54) is 0 Å². The molecule has 0 aromatic heterocycles. The van der Waals surface area contributed by atoms with Gasteiger partial charge in [0.15, 0.2) is 0 Å². The Kier molecular flexibility index (Phi) is 4.65. The summed E-state index contributed by atoms with van der Waals surface area (Å²) in [5.74, 6) is 2.69. The van der Waals surface area contributed by atoms with Crippen LogP contribution >= 0.6 is 8.86 Å². The van der Waals surface area contributed by atoms with Crippen LogP contribution < -0.4 is 0 Å². The molecule has 0 saturated carbocycles. The van der Waals surface area contributed by atoms with Gasteiger partial charge in [0, 0.05) is 12.7 Å². The van der Waals surface area contributed by atoms with E-state index in [9.17, 15) is 0 Å². The average molecular weight is 246 g/mol. The highest BCUT2D eigenvalue weighted by molar-refractivity contribution is 7.22. The van der Waals surface area contributed by atoms with Gasteiger partial charge in [-0.25, -0.2) is 4.99 Å². The molecular weight excluding hydrogens is 227 g/mol. The highest BCUT2D eigenvalue weighted by Crippen LogP contribution is 2.24. The summed E-state index contributed by atoms with van der Waals surface area (Å²) < 4.78 is 0. The third-order valence-corrected chi connectivity index (χ3v) is 2.84. The Morgan fingerprint density at radius 3 is 2.65 bits per heavy atom. The number of aliphatic imine (C=N–C) groups is 1. The molecule has 0 radical (unpaired) electrons. The third kappa shape index (κ3) is 3.28. The molecule has 0 atom stereocenters. The van der Waals surface area contributed by atoms with Crippen LogP contribution in [0.1, 0.15) is 20.3 Å². The molecule has 1 aliphatic rings. The number of hydrogen-bond donors (Lipinski definition) is 0. The lowest BCUT2D eigenvalue weighted by Gasteiger charge is -2.28. The molecule has 0 saturated heterocycles. The second-order valence-electron chi connectivity index (χ2n) is 4.08. The Bertz CT molecular complexity index is 453. The summed E-state index contributed by atoms with van der Waals surface area (Å²) in [5, 5.41) is 0. The van der Waals surface area contributed by atoms with Gasteiger partial charge in [0.25, 0.3) is 0 Å². The van der Waals surface area contributed by atoms with Gasteiger partial charge < -0.3 is 4.90 Å². The first kappa shape index (κ1) is 13.7. The van der Waals surface area contributed by atoms with Gasteiger partial charge in [-0.1, -0.05) is 25.7 Å². The maximum atomic E-state index is 4.51. The summed E-state index contributed by atoms with van der Waals surface area (Å²) in [6, 6.07) is 0. The molecule has 0 unspecified atom stereocenters. The predicted molar refractivity (Wildman–Crippen MR) is 80.0 cm³/mol. The average Bonchev–Trinajstić information content (AvgIpc) is 2.30. The minimum absolute atomic E-state index is 0.883. The Hall–Kier alpha value is -1.40. The zero-order chi connectivity index (χ0) is 13.0. The normalized spacial score (nSPS) is 17.6. The van der Waals surface area contributed by atoms with Gasteiger partial charge in [0.05, 0.1) is 5.71 Å². The van der Waals surface area contributed by atoms with Crippen molar-refractivity contribution in [2.75, 3.05) is 7.05 Å². The van der Waals surface area contributed by atoms with E-state index in [-0.39, 0.29) is 0 Å². The Balaban J connectivity index is 3.22. The van der Waals surface area contributed by atoms with Gasteiger partial charge in [0.1, 0.15) is 5.82 Å². The molecule has 1 aliphatic heterocycles. The van der Waals surface area contributed by atoms with Crippen LogP contribution in [-0.4, -0.2) is 23.5 Å². The van der Waals surface area contributed by atoms with Gasteiger partial charge in [-0.15, -0.1) is 8.86 Å². The Labute approximate surface area is 106 Å². The summed E-state index contributed by atoms with van der Waals surface area (Å²) in [4.78, 5) is 6.55. The number of rotatable bonds is 4. The highest BCUT2D eigenvalue weighted by atomic mass is 31.0. The lowest BCUT2D eigenvalue weighted by molar-refractivity contribution is 0.514. The smallest absolute Gasteiger partial charge is 0.133 e. The lowest BCUT2D eigenvalue weighted by Crippen LogP contribution is -2.23. The van der Waals surface area contributed by atoms with E-state index in [2.05, 4.69) is 33.9 Å². The van der Waals surface area contributed by atoms with Crippen molar-refractivity contribution in [2.24, 2.45) is 4.99 Å². The molecule has 1 heterocycles. The molecule has 2 nitrogen and oxygen atoms in total. The van der Waals surface area contributed by atoms with Crippen LogP contribution in [0.25, 0.3) is 0 Å². The first-order chi connectivity index (χ1) is 7.99. The van der Waals surface area contributed by atoms with Crippen LogP contribution in [0.4, 0.5) is 0 Å². The van der Waals surface area contributed by atoms with Gasteiger partial charge >= 0.3 is 0 Å². The van der Waals surface area contributed by atoms with Crippen LogP contribution in [0.2, 0.25) is 0 Å². The molecular formula is C14H19N2P. The summed E-state index contributed by atoms with van der Waals surface area (Å²) >= 11 is 0. The Morgan fingerprint density at radius 2 is 2.18 bits per heavy atom. The molecule has 0 aliphatic carbocycles. The molecule has 0 fully saturated rings. The van der Waals surface area contributed by atoms with Crippen LogP contribution in [0.3, 0.4) is 0 Å². The molecule has 0 aromatic carbocycles.